The molecule has 0 spiro atoms. The van der Waals surface area contributed by atoms with Gasteiger partial charge in [-0.05, 0) is 47.6 Å². The minimum absolute atomic E-state index is 0.172. The average molecular weight is 340 g/mol. The van der Waals surface area contributed by atoms with Crippen LogP contribution in [0, 0.1) is 0 Å². The third-order valence-corrected chi connectivity index (χ3v) is 5.81. The van der Waals surface area contributed by atoms with Crippen LogP contribution in [0.4, 0.5) is 4.79 Å². The summed E-state index contributed by atoms with van der Waals surface area (Å²) < 4.78 is 0. The number of nitrogens with two attached hydrogens (primary N) is 1. The van der Waals surface area contributed by atoms with E-state index >= 15 is 0 Å². The zero-order valence-electron chi connectivity index (χ0n) is 16.3. The first-order valence-corrected chi connectivity index (χ1v) is 9.36. The monoisotopic (exact) mass is 339 g/mol. The summed E-state index contributed by atoms with van der Waals surface area (Å²) in [6.45, 7) is 20.8. The van der Waals surface area contributed by atoms with E-state index in [1.165, 1.54) is 32.6 Å². The summed E-state index contributed by atoms with van der Waals surface area (Å²) in [6.07, 6.45) is 1.17. The highest BCUT2D eigenvalue weighted by atomic mass is 16.2. The van der Waals surface area contributed by atoms with Crippen LogP contribution < -0.4 is 5.73 Å². The Morgan fingerprint density at radius 3 is 1.79 bits per heavy atom. The van der Waals surface area contributed by atoms with Crippen LogP contribution in [0.25, 0.3) is 0 Å². The standard InChI is InChI=1S/C18H37N5O/c1-17(2,3)22-12-8-20(9-13-22)7-6-18(4,5)23-14-10-21(11-15-23)16(19)24/h6-15H2,1-5H3,(H2,19,24). The molecule has 0 atom stereocenters. The molecule has 2 saturated heterocycles. The third-order valence-electron chi connectivity index (χ3n) is 5.81. The molecule has 24 heavy (non-hydrogen) atoms. The van der Waals surface area contributed by atoms with Crippen LogP contribution in [0.1, 0.15) is 41.0 Å². The van der Waals surface area contributed by atoms with Gasteiger partial charge >= 0.3 is 6.03 Å². The van der Waals surface area contributed by atoms with E-state index in [2.05, 4.69) is 49.3 Å². The van der Waals surface area contributed by atoms with E-state index in [1.54, 1.807) is 4.90 Å². The average Bonchev–Trinajstić information content (AvgIpc) is 2.52. The minimum atomic E-state index is -0.288. The molecule has 2 rings (SSSR count). The fraction of sp³-hybridized carbons (Fsp3) is 0.944. The molecule has 0 aromatic rings. The van der Waals surface area contributed by atoms with E-state index in [4.69, 9.17) is 5.73 Å². The van der Waals surface area contributed by atoms with Crippen molar-refractivity contribution in [2.24, 2.45) is 5.73 Å². The Kier molecular flexibility index (Phi) is 6.15. The molecule has 2 N–H and O–H groups in total. The van der Waals surface area contributed by atoms with Gasteiger partial charge in [0, 0.05) is 63.4 Å². The quantitative estimate of drug-likeness (QED) is 0.838. The van der Waals surface area contributed by atoms with E-state index in [-0.39, 0.29) is 17.1 Å². The summed E-state index contributed by atoms with van der Waals surface area (Å²) >= 11 is 0. The summed E-state index contributed by atoms with van der Waals surface area (Å²) in [5.74, 6) is 0. The van der Waals surface area contributed by atoms with Crippen molar-refractivity contribution in [2.75, 3.05) is 58.9 Å². The fourth-order valence-electron chi connectivity index (χ4n) is 3.76. The van der Waals surface area contributed by atoms with E-state index < -0.39 is 0 Å². The molecule has 0 aromatic carbocycles. The smallest absolute Gasteiger partial charge is 0.314 e. The normalized spacial score (nSPS) is 22.8. The summed E-state index contributed by atoms with van der Waals surface area (Å²) in [5, 5.41) is 0. The maximum atomic E-state index is 11.3. The first-order chi connectivity index (χ1) is 11.1. The first-order valence-electron chi connectivity index (χ1n) is 9.36. The first kappa shape index (κ1) is 19.5. The van der Waals surface area contributed by atoms with Gasteiger partial charge in [0.15, 0.2) is 0 Å². The van der Waals surface area contributed by atoms with E-state index in [1.807, 2.05) is 0 Å². The van der Waals surface area contributed by atoms with Gasteiger partial charge in [0.1, 0.15) is 0 Å². The molecule has 0 saturated carbocycles. The van der Waals surface area contributed by atoms with Crippen LogP contribution in [-0.4, -0.2) is 95.6 Å². The van der Waals surface area contributed by atoms with Crippen LogP contribution >= 0.6 is 0 Å². The van der Waals surface area contributed by atoms with Crippen LogP contribution in [0.5, 0.6) is 0 Å². The van der Waals surface area contributed by atoms with Gasteiger partial charge in [-0.3, -0.25) is 9.80 Å². The Balaban J connectivity index is 1.74. The van der Waals surface area contributed by atoms with Crippen molar-refractivity contribution >= 4 is 6.03 Å². The Labute approximate surface area is 147 Å². The lowest BCUT2D eigenvalue weighted by Crippen LogP contribution is -2.58. The van der Waals surface area contributed by atoms with Crippen molar-refractivity contribution in [1.82, 2.24) is 19.6 Å². The molecule has 2 fully saturated rings. The van der Waals surface area contributed by atoms with Gasteiger partial charge in [-0.25, -0.2) is 4.79 Å². The number of carbonyl (C=O) groups excluding carboxylic acids is 1. The van der Waals surface area contributed by atoms with Crippen molar-refractivity contribution in [3.05, 3.63) is 0 Å². The zero-order chi connectivity index (χ0) is 18.0. The van der Waals surface area contributed by atoms with Crippen molar-refractivity contribution < 1.29 is 4.79 Å². The number of amides is 2. The Bertz CT molecular complexity index is 416. The van der Waals surface area contributed by atoms with Crippen LogP contribution in [-0.2, 0) is 0 Å². The maximum absolute atomic E-state index is 11.3. The second kappa shape index (κ2) is 7.58. The van der Waals surface area contributed by atoms with Crippen molar-refractivity contribution in [2.45, 2.75) is 52.1 Å². The molecule has 2 heterocycles. The third kappa shape index (κ3) is 5.07. The van der Waals surface area contributed by atoms with Gasteiger partial charge in [0.05, 0.1) is 0 Å². The molecule has 140 valence electrons. The molecule has 0 aromatic heterocycles. The molecule has 2 aliphatic heterocycles. The highest BCUT2D eigenvalue weighted by Gasteiger charge is 2.32. The second-order valence-electron chi connectivity index (χ2n) is 8.87. The molecule has 0 aliphatic carbocycles. The molecule has 2 aliphatic rings. The largest absolute Gasteiger partial charge is 0.351 e. The van der Waals surface area contributed by atoms with Crippen molar-refractivity contribution in [3.8, 4) is 0 Å². The second-order valence-corrected chi connectivity index (χ2v) is 8.87. The maximum Gasteiger partial charge on any atom is 0.314 e. The number of hydrogen-bond acceptors (Lipinski definition) is 4. The molecule has 6 nitrogen and oxygen atoms in total. The summed E-state index contributed by atoms with van der Waals surface area (Å²) in [4.78, 5) is 20.7. The summed E-state index contributed by atoms with van der Waals surface area (Å²) in [6, 6.07) is -0.288. The van der Waals surface area contributed by atoms with Crippen LogP contribution in [0.3, 0.4) is 0 Å². The fourth-order valence-corrected chi connectivity index (χ4v) is 3.76. The van der Waals surface area contributed by atoms with Gasteiger partial charge in [-0.15, -0.1) is 0 Å². The van der Waals surface area contributed by atoms with Gasteiger partial charge in [-0.1, -0.05) is 0 Å². The molecule has 2 amide bonds. The summed E-state index contributed by atoms with van der Waals surface area (Å²) in [5.41, 5.74) is 5.83. The van der Waals surface area contributed by atoms with Gasteiger partial charge in [0.25, 0.3) is 0 Å². The number of carbonyl (C=O) groups is 1. The lowest BCUT2D eigenvalue weighted by atomic mass is 9.96. The lowest BCUT2D eigenvalue weighted by molar-refractivity contribution is 0.0336. The molecular formula is C18H37N5O. The highest BCUT2D eigenvalue weighted by Crippen LogP contribution is 2.22. The zero-order valence-corrected chi connectivity index (χ0v) is 16.3. The topological polar surface area (TPSA) is 56.1 Å². The number of urea groups is 1. The Hall–Kier alpha value is -0.850. The molecule has 0 bridgehead atoms. The van der Waals surface area contributed by atoms with Gasteiger partial charge in [0.2, 0.25) is 0 Å². The number of piperazine rings is 2. The van der Waals surface area contributed by atoms with Gasteiger partial charge < -0.3 is 15.5 Å². The number of rotatable bonds is 4. The molecule has 6 heteroatoms. The van der Waals surface area contributed by atoms with E-state index in [0.717, 1.165) is 32.7 Å². The van der Waals surface area contributed by atoms with Crippen LogP contribution in [0.2, 0.25) is 0 Å². The number of nitrogens with zero attached hydrogens (tertiary/aromatic N) is 4. The van der Waals surface area contributed by atoms with E-state index in [0.29, 0.717) is 0 Å². The highest BCUT2D eigenvalue weighted by molar-refractivity contribution is 5.72. The van der Waals surface area contributed by atoms with Crippen LogP contribution in [0.15, 0.2) is 0 Å². The lowest BCUT2D eigenvalue weighted by Gasteiger charge is -2.46. The number of hydrogen-bond donors (Lipinski definition) is 1. The Morgan fingerprint density at radius 1 is 0.833 bits per heavy atom. The molecule has 0 unspecified atom stereocenters. The minimum Gasteiger partial charge on any atom is -0.351 e. The van der Waals surface area contributed by atoms with Gasteiger partial charge in [-0.2, -0.15) is 0 Å². The molecular weight excluding hydrogens is 302 g/mol. The van der Waals surface area contributed by atoms with E-state index in [9.17, 15) is 4.79 Å². The summed E-state index contributed by atoms with van der Waals surface area (Å²) in [7, 11) is 0. The van der Waals surface area contributed by atoms with Crippen molar-refractivity contribution in [3.63, 3.8) is 0 Å². The van der Waals surface area contributed by atoms with Crippen molar-refractivity contribution in [1.29, 1.82) is 0 Å². The molecule has 0 radical (unpaired) electrons. The number of primary amides is 1. The SMILES string of the molecule is CC(C)(C)N1CCN(CCC(C)(C)N2CCN(C(N)=O)CC2)CC1. The predicted octanol–water partition coefficient (Wildman–Crippen LogP) is 1.27. The Morgan fingerprint density at radius 2 is 1.33 bits per heavy atom. The predicted molar refractivity (Wildman–Crippen MR) is 99.2 cm³/mol.